The topological polar surface area (TPSA) is 64.3 Å². The van der Waals surface area contributed by atoms with E-state index in [-0.39, 0.29) is 11.7 Å². The van der Waals surface area contributed by atoms with Crippen molar-refractivity contribution in [3.63, 3.8) is 0 Å². The number of aromatic nitrogens is 2. The van der Waals surface area contributed by atoms with Crippen LogP contribution in [0, 0.1) is 5.92 Å². The Morgan fingerprint density at radius 3 is 2.41 bits per heavy atom. The number of carboxylic acid groups (broad SMARTS) is 1. The van der Waals surface area contributed by atoms with Gasteiger partial charge in [0.05, 0.1) is 29.2 Å². The minimum absolute atomic E-state index is 0.281. The molecule has 1 atom stereocenters. The summed E-state index contributed by atoms with van der Waals surface area (Å²) in [7, 11) is 0. The molecule has 1 N–H and O–H groups in total. The first kappa shape index (κ1) is 23.1. The monoisotopic (exact) mass is 478 g/mol. The van der Waals surface area contributed by atoms with Crippen LogP contribution >= 0.6 is 11.6 Å². The predicted molar refractivity (Wildman–Crippen MR) is 133 cm³/mol. The summed E-state index contributed by atoms with van der Waals surface area (Å²) >= 11 is 6.17. The second-order valence-electron chi connectivity index (χ2n) is 9.55. The highest BCUT2D eigenvalue weighted by Gasteiger charge is 2.30. The fourth-order valence-corrected chi connectivity index (χ4v) is 5.47. The van der Waals surface area contributed by atoms with E-state index in [1.54, 1.807) is 12.1 Å². The molecule has 0 aliphatic heterocycles. The van der Waals surface area contributed by atoms with Gasteiger partial charge in [-0.2, -0.15) is 5.10 Å². The molecule has 1 saturated carbocycles. The number of nitrogens with zero attached hydrogens (tertiary/aromatic N) is 2. The number of aromatic carboxylic acids is 1. The molecule has 3 aromatic rings. The maximum Gasteiger partial charge on any atom is 0.335 e. The summed E-state index contributed by atoms with van der Waals surface area (Å²) in [5.74, 6) is -0.355. The van der Waals surface area contributed by atoms with Crippen molar-refractivity contribution in [1.29, 1.82) is 0 Å². The lowest BCUT2D eigenvalue weighted by Gasteiger charge is -2.27. The van der Waals surface area contributed by atoms with Crippen LogP contribution in [-0.4, -0.2) is 27.5 Å². The third kappa shape index (κ3) is 4.91. The van der Waals surface area contributed by atoms with Gasteiger partial charge in [-0.3, -0.25) is 0 Å². The fourth-order valence-electron chi connectivity index (χ4n) is 5.35. The van der Waals surface area contributed by atoms with E-state index >= 15 is 0 Å². The third-order valence-corrected chi connectivity index (χ3v) is 7.45. The Labute approximate surface area is 205 Å². The van der Waals surface area contributed by atoms with Gasteiger partial charge in [-0.25, -0.2) is 9.48 Å². The van der Waals surface area contributed by atoms with Crippen LogP contribution in [0.4, 0.5) is 0 Å². The van der Waals surface area contributed by atoms with Crippen molar-refractivity contribution >= 4 is 17.6 Å². The largest absolute Gasteiger partial charge is 0.478 e. The minimum Gasteiger partial charge on any atom is -0.478 e. The van der Waals surface area contributed by atoms with E-state index in [2.05, 4.69) is 0 Å². The predicted octanol–water partition coefficient (Wildman–Crippen LogP) is 6.79. The Morgan fingerprint density at radius 1 is 1.00 bits per heavy atom. The molecule has 5 nitrogen and oxygen atoms in total. The number of halogens is 1. The van der Waals surface area contributed by atoms with Crippen molar-refractivity contribution in [2.24, 2.45) is 5.92 Å². The summed E-state index contributed by atoms with van der Waals surface area (Å²) in [6, 6.07) is 14.9. The van der Waals surface area contributed by atoms with Gasteiger partial charge in [0.15, 0.2) is 0 Å². The number of benzene rings is 2. The Kier molecular flexibility index (Phi) is 7.02. The molecule has 178 valence electrons. The number of hydrogen-bond donors (Lipinski definition) is 1. The van der Waals surface area contributed by atoms with Gasteiger partial charge in [0.25, 0.3) is 0 Å². The number of ether oxygens (including phenoxy) is 1. The average molecular weight is 479 g/mol. The first-order chi connectivity index (χ1) is 16.6. The summed E-state index contributed by atoms with van der Waals surface area (Å²) in [5.41, 5.74) is 5.69. The standard InChI is InChI=1S/C28H31ClN2O3/c29-22-14-16-23(17-15-22)31-26(24-8-4-5-9-25(24)30-31)27(34-18-19-6-2-1-3-7-19)20-10-12-21(13-11-20)28(32)33/h10-17,19,27H,1-9,18H2,(H,32,33). The van der Waals surface area contributed by atoms with Crippen LogP contribution in [-0.2, 0) is 17.6 Å². The molecule has 2 aliphatic rings. The molecule has 1 fully saturated rings. The van der Waals surface area contributed by atoms with Crippen molar-refractivity contribution in [2.75, 3.05) is 6.61 Å². The van der Waals surface area contributed by atoms with E-state index in [0.29, 0.717) is 17.5 Å². The third-order valence-electron chi connectivity index (χ3n) is 7.20. The lowest BCUT2D eigenvalue weighted by molar-refractivity contribution is 0.0380. The SMILES string of the molecule is O=C(O)c1ccc(C(OCC2CCCCC2)c2c3c(nn2-c2ccc(Cl)cc2)CCCC3)cc1. The van der Waals surface area contributed by atoms with Crippen LogP contribution in [0.5, 0.6) is 0 Å². The highest BCUT2D eigenvalue weighted by Crippen LogP contribution is 2.37. The van der Waals surface area contributed by atoms with Gasteiger partial charge >= 0.3 is 5.97 Å². The van der Waals surface area contributed by atoms with Crippen LogP contribution in [0.3, 0.4) is 0 Å². The molecule has 1 unspecified atom stereocenters. The number of hydrogen-bond acceptors (Lipinski definition) is 3. The van der Waals surface area contributed by atoms with E-state index in [1.807, 2.05) is 41.1 Å². The molecular formula is C28H31ClN2O3. The second-order valence-corrected chi connectivity index (χ2v) is 9.99. The number of carbonyl (C=O) groups is 1. The first-order valence-corrected chi connectivity index (χ1v) is 12.8. The van der Waals surface area contributed by atoms with Gasteiger partial charge in [-0.05, 0) is 86.4 Å². The summed E-state index contributed by atoms with van der Waals surface area (Å²) in [6.07, 6.45) is 10.2. The van der Waals surface area contributed by atoms with E-state index in [1.165, 1.54) is 37.7 Å². The summed E-state index contributed by atoms with van der Waals surface area (Å²) in [4.78, 5) is 11.4. The lowest BCUT2D eigenvalue weighted by atomic mass is 9.89. The van der Waals surface area contributed by atoms with Crippen LogP contribution in [0.2, 0.25) is 5.02 Å². The van der Waals surface area contributed by atoms with E-state index in [9.17, 15) is 9.90 Å². The zero-order valence-electron chi connectivity index (χ0n) is 19.4. The molecule has 34 heavy (non-hydrogen) atoms. The molecular weight excluding hydrogens is 448 g/mol. The molecule has 2 aliphatic carbocycles. The minimum atomic E-state index is -0.921. The summed E-state index contributed by atoms with van der Waals surface area (Å²) in [5, 5.41) is 15.1. The highest BCUT2D eigenvalue weighted by atomic mass is 35.5. The van der Waals surface area contributed by atoms with Crippen molar-refractivity contribution in [1.82, 2.24) is 9.78 Å². The van der Waals surface area contributed by atoms with E-state index < -0.39 is 5.97 Å². The Morgan fingerprint density at radius 2 is 1.71 bits per heavy atom. The molecule has 6 heteroatoms. The smallest absolute Gasteiger partial charge is 0.335 e. The maximum atomic E-state index is 11.4. The van der Waals surface area contributed by atoms with Gasteiger partial charge in [0.1, 0.15) is 6.10 Å². The normalized spacial score (nSPS) is 17.3. The number of rotatable bonds is 7. The molecule has 0 radical (unpaired) electrons. The van der Waals surface area contributed by atoms with Gasteiger partial charge in [0.2, 0.25) is 0 Å². The van der Waals surface area contributed by atoms with Gasteiger partial charge < -0.3 is 9.84 Å². The summed E-state index contributed by atoms with van der Waals surface area (Å²) in [6.45, 7) is 0.700. The van der Waals surface area contributed by atoms with E-state index in [0.717, 1.165) is 48.3 Å². The van der Waals surface area contributed by atoms with Gasteiger partial charge in [-0.1, -0.05) is 43.0 Å². The van der Waals surface area contributed by atoms with E-state index in [4.69, 9.17) is 21.4 Å². The molecule has 0 bridgehead atoms. The summed E-state index contributed by atoms with van der Waals surface area (Å²) < 4.78 is 8.76. The Hall–Kier alpha value is -2.63. The fraction of sp³-hybridized carbons (Fsp3) is 0.429. The molecule has 0 amide bonds. The van der Waals surface area contributed by atoms with Crippen LogP contribution in [0.25, 0.3) is 5.69 Å². The molecule has 0 spiro atoms. The highest BCUT2D eigenvalue weighted by molar-refractivity contribution is 6.30. The van der Waals surface area contributed by atoms with Crippen molar-refractivity contribution in [3.8, 4) is 5.69 Å². The molecule has 1 aromatic heterocycles. The first-order valence-electron chi connectivity index (χ1n) is 12.4. The Balaban J connectivity index is 1.58. The maximum absolute atomic E-state index is 11.4. The number of carboxylic acids is 1. The van der Waals surface area contributed by atoms with Gasteiger partial charge in [-0.15, -0.1) is 0 Å². The number of fused-ring (bicyclic) bond motifs is 1. The second kappa shape index (κ2) is 10.3. The lowest BCUT2D eigenvalue weighted by Crippen LogP contribution is -2.20. The van der Waals surface area contributed by atoms with Gasteiger partial charge in [0, 0.05) is 10.6 Å². The van der Waals surface area contributed by atoms with Crippen molar-refractivity contribution in [3.05, 3.63) is 81.6 Å². The zero-order chi connectivity index (χ0) is 23.5. The van der Waals surface area contributed by atoms with Crippen LogP contribution in [0.1, 0.15) is 83.9 Å². The molecule has 2 aromatic carbocycles. The van der Waals surface area contributed by atoms with Crippen LogP contribution < -0.4 is 0 Å². The quantitative estimate of drug-likeness (QED) is 0.406. The number of aryl methyl sites for hydroxylation is 1. The molecule has 5 rings (SSSR count). The van der Waals surface area contributed by atoms with Crippen molar-refractivity contribution in [2.45, 2.75) is 63.9 Å². The Bertz CT molecular complexity index is 1130. The molecule has 1 heterocycles. The molecule has 0 saturated heterocycles. The van der Waals surface area contributed by atoms with Crippen LogP contribution in [0.15, 0.2) is 48.5 Å². The zero-order valence-corrected chi connectivity index (χ0v) is 20.1. The average Bonchev–Trinajstić information content (AvgIpc) is 3.25. The van der Waals surface area contributed by atoms with Crippen molar-refractivity contribution < 1.29 is 14.6 Å².